The average Bonchev–Trinajstić information content (AvgIpc) is 2.59. The van der Waals surface area contributed by atoms with Gasteiger partial charge in [-0.2, -0.15) is 15.0 Å². The lowest BCUT2D eigenvalue weighted by atomic mass is 9.78. The van der Waals surface area contributed by atoms with Gasteiger partial charge in [0, 0.05) is 6.04 Å². The summed E-state index contributed by atoms with van der Waals surface area (Å²) in [5, 5.41) is 3.42. The molecule has 140 valence electrons. The molecule has 5 nitrogen and oxygen atoms in total. The van der Waals surface area contributed by atoms with E-state index < -0.39 is 6.17 Å². The van der Waals surface area contributed by atoms with Crippen LogP contribution >= 0.6 is 0 Å². The Kier molecular flexibility index (Phi) is 6.36. The molecule has 3 rings (SSSR count). The summed E-state index contributed by atoms with van der Waals surface area (Å²) in [5.41, 5.74) is 7.11. The Morgan fingerprint density at radius 1 is 1.15 bits per heavy atom. The molecule has 0 aliphatic heterocycles. The molecule has 1 unspecified atom stereocenters. The van der Waals surface area contributed by atoms with Gasteiger partial charge in [-0.25, -0.2) is 4.39 Å². The van der Waals surface area contributed by atoms with Gasteiger partial charge < -0.3 is 11.1 Å². The minimum atomic E-state index is -1.20. The third-order valence-corrected chi connectivity index (χ3v) is 5.11. The van der Waals surface area contributed by atoms with Gasteiger partial charge in [-0.1, -0.05) is 50.1 Å². The van der Waals surface area contributed by atoms with E-state index in [1.165, 1.54) is 24.8 Å². The largest absolute Gasteiger partial charge is 0.368 e. The maximum absolute atomic E-state index is 14.2. The molecule has 1 aliphatic carbocycles. The van der Waals surface area contributed by atoms with Gasteiger partial charge in [0.15, 0.2) is 12.0 Å². The van der Waals surface area contributed by atoms with Crippen molar-refractivity contribution in [1.82, 2.24) is 15.0 Å². The molecule has 1 saturated carbocycles. The Balaban J connectivity index is 1.70. The minimum absolute atomic E-state index is 0.0756. The normalized spacial score (nSPS) is 16.7. The summed E-state index contributed by atoms with van der Waals surface area (Å²) >= 11 is 0. The van der Waals surface area contributed by atoms with Crippen LogP contribution in [0.1, 0.15) is 63.0 Å². The highest BCUT2D eigenvalue weighted by Crippen LogP contribution is 2.33. The van der Waals surface area contributed by atoms with Crippen LogP contribution in [0, 0.1) is 5.92 Å². The molecule has 0 amide bonds. The summed E-state index contributed by atoms with van der Waals surface area (Å²) in [6.45, 7) is 1.94. The summed E-state index contributed by atoms with van der Waals surface area (Å²) in [7, 11) is 0. The molecule has 0 radical (unpaired) electrons. The molecule has 2 atom stereocenters. The second-order valence-corrected chi connectivity index (χ2v) is 7.10. The fraction of sp³-hybridized carbons (Fsp3) is 0.550. The minimum Gasteiger partial charge on any atom is -0.368 e. The number of benzene rings is 1. The lowest BCUT2D eigenvalue weighted by Crippen LogP contribution is -2.35. The molecule has 1 fully saturated rings. The van der Waals surface area contributed by atoms with Crippen molar-refractivity contribution in [2.75, 3.05) is 11.1 Å². The van der Waals surface area contributed by atoms with E-state index in [1.807, 2.05) is 13.0 Å². The summed E-state index contributed by atoms with van der Waals surface area (Å²) in [6, 6.07) is 10.7. The van der Waals surface area contributed by atoms with Gasteiger partial charge >= 0.3 is 0 Å². The van der Waals surface area contributed by atoms with E-state index in [0.29, 0.717) is 18.3 Å². The van der Waals surface area contributed by atoms with E-state index in [2.05, 4.69) is 44.5 Å². The smallest absolute Gasteiger partial charge is 0.228 e. The van der Waals surface area contributed by atoms with Gasteiger partial charge in [0.05, 0.1) is 0 Å². The molecule has 1 aromatic heterocycles. The zero-order valence-corrected chi connectivity index (χ0v) is 15.4. The quantitative estimate of drug-likeness (QED) is 0.692. The number of anilines is 2. The van der Waals surface area contributed by atoms with Crippen LogP contribution in [0.2, 0.25) is 0 Å². The van der Waals surface area contributed by atoms with Crippen LogP contribution < -0.4 is 11.1 Å². The predicted molar refractivity (Wildman–Crippen MR) is 103 cm³/mol. The second kappa shape index (κ2) is 8.92. The molecule has 0 saturated heterocycles. The Morgan fingerprint density at radius 3 is 2.58 bits per heavy atom. The molecule has 0 bridgehead atoms. The third-order valence-electron chi connectivity index (χ3n) is 5.11. The Hall–Kier alpha value is -2.24. The fourth-order valence-electron chi connectivity index (χ4n) is 3.40. The number of nitrogens with zero attached hydrogens (tertiary/aromatic N) is 3. The SMILES string of the molecule is CCCC(F)c1nc(N)nc(N[C@@H](CCc2ccccc2)C2CCC2)n1. The fourth-order valence-corrected chi connectivity index (χ4v) is 3.40. The third kappa shape index (κ3) is 4.90. The molecular formula is C20H28FN5. The van der Waals surface area contributed by atoms with Gasteiger partial charge in [-0.05, 0) is 43.6 Å². The van der Waals surface area contributed by atoms with E-state index in [1.54, 1.807) is 0 Å². The molecule has 1 aliphatic rings. The van der Waals surface area contributed by atoms with E-state index in [-0.39, 0.29) is 17.8 Å². The van der Waals surface area contributed by atoms with Crippen LogP contribution in [0.4, 0.5) is 16.3 Å². The number of nitrogens with two attached hydrogens (primary N) is 1. The number of nitrogen functional groups attached to an aromatic ring is 1. The first kappa shape index (κ1) is 18.5. The second-order valence-electron chi connectivity index (χ2n) is 7.10. The Morgan fingerprint density at radius 2 is 1.92 bits per heavy atom. The molecular weight excluding hydrogens is 329 g/mol. The standard InChI is InChI=1S/C20H28FN5/c1-2-7-16(21)18-24-19(22)26-20(25-18)23-17(15-10-6-11-15)13-12-14-8-4-3-5-9-14/h3-5,8-9,15-17H,2,6-7,10-13H2,1H3,(H3,22,23,24,25,26)/t16?,17-/m0/s1. The lowest BCUT2D eigenvalue weighted by Gasteiger charge is -2.34. The highest BCUT2D eigenvalue weighted by atomic mass is 19.1. The molecule has 26 heavy (non-hydrogen) atoms. The number of alkyl halides is 1. The molecule has 0 spiro atoms. The first-order valence-corrected chi connectivity index (χ1v) is 9.61. The summed E-state index contributed by atoms with van der Waals surface area (Å²) < 4.78 is 14.2. The van der Waals surface area contributed by atoms with E-state index >= 15 is 0 Å². The van der Waals surface area contributed by atoms with Crippen LogP contribution in [0.3, 0.4) is 0 Å². The maximum Gasteiger partial charge on any atom is 0.228 e. The Bertz CT molecular complexity index is 690. The van der Waals surface area contributed by atoms with Crippen LogP contribution in [-0.4, -0.2) is 21.0 Å². The summed E-state index contributed by atoms with van der Waals surface area (Å²) in [5.74, 6) is 1.22. The number of rotatable bonds is 9. The number of halogens is 1. The molecule has 2 aromatic rings. The van der Waals surface area contributed by atoms with Crippen LogP contribution in [0.15, 0.2) is 30.3 Å². The zero-order chi connectivity index (χ0) is 18.4. The van der Waals surface area contributed by atoms with Gasteiger partial charge in [0.25, 0.3) is 0 Å². The number of aryl methyl sites for hydroxylation is 1. The van der Waals surface area contributed by atoms with Crippen molar-refractivity contribution in [1.29, 1.82) is 0 Å². The van der Waals surface area contributed by atoms with Gasteiger partial charge in [0.2, 0.25) is 11.9 Å². The molecule has 3 N–H and O–H groups in total. The van der Waals surface area contributed by atoms with Crippen LogP contribution in [0.5, 0.6) is 0 Å². The van der Waals surface area contributed by atoms with Crippen molar-refractivity contribution in [3.63, 3.8) is 0 Å². The summed E-state index contributed by atoms with van der Waals surface area (Å²) in [6.07, 6.45) is 5.59. The first-order valence-electron chi connectivity index (χ1n) is 9.61. The highest BCUT2D eigenvalue weighted by molar-refractivity contribution is 5.33. The van der Waals surface area contributed by atoms with Crippen molar-refractivity contribution >= 4 is 11.9 Å². The number of hydrogen-bond donors (Lipinski definition) is 2. The molecule has 1 aromatic carbocycles. The van der Waals surface area contributed by atoms with Crippen molar-refractivity contribution in [2.45, 2.75) is 64.1 Å². The maximum atomic E-state index is 14.2. The van der Waals surface area contributed by atoms with Gasteiger partial charge in [-0.3, -0.25) is 0 Å². The lowest BCUT2D eigenvalue weighted by molar-refractivity contribution is 0.265. The first-order chi connectivity index (χ1) is 12.7. The van der Waals surface area contributed by atoms with Gasteiger partial charge in [0.1, 0.15) is 0 Å². The van der Waals surface area contributed by atoms with E-state index in [4.69, 9.17) is 5.73 Å². The molecule has 1 heterocycles. The molecule has 6 heteroatoms. The van der Waals surface area contributed by atoms with Crippen molar-refractivity contribution in [3.05, 3.63) is 41.7 Å². The topological polar surface area (TPSA) is 76.7 Å². The monoisotopic (exact) mass is 357 g/mol. The number of hydrogen-bond acceptors (Lipinski definition) is 5. The van der Waals surface area contributed by atoms with Crippen molar-refractivity contribution < 1.29 is 4.39 Å². The number of aromatic nitrogens is 3. The Labute approximate surface area is 154 Å². The van der Waals surface area contributed by atoms with E-state index in [9.17, 15) is 4.39 Å². The van der Waals surface area contributed by atoms with Crippen molar-refractivity contribution in [2.24, 2.45) is 5.92 Å². The summed E-state index contributed by atoms with van der Waals surface area (Å²) in [4.78, 5) is 12.5. The van der Waals surface area contributed by atoms with Crippen LogP contribution in [0.25, 0.3) is 0 Å². The van der Waals surface area contributed by atoms with E-state index in [0.717, 1.165) is 19.3 Å². The highest BCUT2D eigenvalue weighted by Gasteiger charge is 2.28. The number of nitrogens with one attached hydrogen (secondary N) is 1. The van der Waals surface area contributed by atoms with Gasteiger partial charge in [-0.15, -0.1) is 0 Å². The average molecular weight is 357 g/mol. The van der Waals surface area contributed by atoms with Crippen molar-refractivity contribution in [3.8, 4) is 0 Å². The zero-order valence-electron chi connectivity index (χ0n) is 15.4. The van der Waals surface area contributed by atoms with Crippen LogP contribution in [-0.2, 0) is 6.42 Å². The predicted octanol–water partition coefficient (Wildman–Crippen LogP) is 4.48.